The number of nitrogens with zero attached hydrogens (tertiary/aromatic N) is 1. The standard InChI is InChI=1S/C24H28FNO4/c1-29-22-11-18(10-19(25)12-22)13-24(28)14-20-8-5-9-21(15-24)26(20)23(27)30-16-17-6-3-2-4-7-17/h2-4,6-7,10-12,20-21,28H,5,8-9,13-16H2,1H3. The minimum Gasteiger partial charge on any atom is -0.497 e. The lowest BCUT2D eigenvalue weighted by Gasteiger charge is -2.51. The van der Waals surface area contributed by atoms with Gasteiger partial charge in [-0.15, -0.1) is 0 Å². The van der Waals surface area contributed by atoms with E-state index in [-0.39, 0.29) is 30.6 Å². The van der Waals surface area contributed by atoms with E-state index >= 15 is 0 Å². The molecule has 2 aromatic carbocycles. The first kappa shape index (κ1) is 20.7. The van der Waals surface area contributed by atoms with Gasteiger partial charge in [0, 0.05) is 24.6 Å². The SMILES string of the molecule is COc1cc(F)cc(CC2(O)CC3CCCC(C2)N3C(=O)OCc2ccccc2)c1. The van der Waals surface area contributed by atoms with Crippen molar-refractivity contribution in [2.45, 2.75) is 62.8 Å². The molecule has 2 bridgehead atoms. The molecule has 6 heteroatoms. The highest BCUT2D eigenvalue weighted by atomic mass is 19.1. The van der Waals surface area contributed by atoms with Gasteiger partial charge in [-0.3, -0.25) is 0 Å². The zero-order valence-electron chi connectivity index (χ0n) is 17.2. The Morgan fingerprint density at radius 1 is 1.13 bits per heavy atom. The summed E-state index contributed by atoms with van der Waals surface area (Å²) in [7, 11) is 1.50. The molecule has 2 fully saturated rings. The summed E-state index contributed by atoms with van der Waals surface area (Å²) in [5.74, 6) is 0.0609. The zero-order chi connectivity index (χ0) is 21.1. The van der Waals surface area contributed by atoms with Crippen LogP contribution in [0.4, 0.5) is 9.18 Å². The number of aliphatic hydroxyl groups is 1. The number of hydrogen-bond acceptors (Lipinski definition) is 4. The molecule has 2 unspecified atom stereocenters. The molecule has 1 amide bonds. The maximum absolute atomic E-state index is 13.9. The number of piperidine rings is 2. The summed E-state index contributed by atoms with van der Waals surface area (Å²) in [6, 6.07) is 14.0. The molecule has 4 rings (SSSR count). The molecule has 160 valence electrons. The molecule has 30 heavy (non-hydrogen) atoms. The number of halogens is 1. The lowest BCUT2D eigenvalue weighted by Crippen LogP contribution is -2.60. The quantitative estimate of drug-likeness (QED) is 0.786. The predicted octanol–water partition coefficient (Wildman–Crippen LogP) is 4.46. The average Bonchev–Trinajstić information content (AvgIpc) is 2.71. The summed E-state index contributed by atoms with van der Waals surface area (Å²) in [6.07, 6.45) is 3.65. The van der Waals surface area contributed by atoms with Crippen LogP contribution in [-0.4, -0.2) is 40.9 Å². The number of carbonyl (C=O) groups is 1. The van der Waals surface area contributed by atoms with Crippen LogP contribution in [0.1, 0.15) is 43.2 Å². The molecule has 0 aliphatic carbocycles. The van der Waals surface area contributed by atoms with E-state index in [9.17, 15) is 14.3 Å². The Hall–Kier alpha value is -2.60. The van der Waals surface area contributed by atoms with Crippen LogP contribution in [0.15, 0.2) is 48.5 Å². The third-order valence-electron chi connectivity index (χ3n) is 6.21. The first-order chi connectivity index (χ1) is 14.5. The lowest BCUT2D eigenvalue weighted by molar-refractivity contribution is -0.0846. The van der Waals surface area contributed by atoms with Crippen molar-refractivity contribution in [3.63, 3.8) is 0 Å². The molecule has 2 aliphatic rings. The van der Waals surface area contributed by atoms with Gasteiger partial charge >= 0.3 is 6.09 Å². The molecule has 0 radical (unpaired) electrons. The second-order valence-corrected chi connectivity index (χ2v) is 8.49. The number of fused-ring (bicyclic) bond motifs is 2. The van der Waals surface area contributed by atoms with Crippen LogP contribution in [0.25, 0.3) is 0 Å². The first-order valence-electron chi connectivity index (χ1n) is 10.5. The molecule has 2 atom stereocenters. The van der Waals surface area contributed by atoms with E-state index in [1.165, 1.54) is 19.2 Å². The smallest absolute Gasteiger partial charge is 0.410 e. The third-order valence-corrected chi connectivity index (χ3v) is 6.21. The molecule has 2 saturated heterocycles. The van der Waals surface area contributed by atoms with Gasteiger partial charge in [0.25, 0.3) is 0 Å². The number of benzene rings is 2. The normalized spacial score (nSPS) is 25.6. The number of methoxy groups -OCH3 is 1. The van der Waals surface area contributed by atoms with Crippen molar-refractivity contribution in [3.8, 4) is 5.75 Å². The summed E-state index contributed by atoms with van der Waals surface area (Å²) in [4.78, 5) is 14.7. The fourth-order valence-corrected chi connectivity index (χ4v) is 4.98. The van der Waals surface area contributed by atoms with Crippen molar-refractivity contribution in [1.29, 1.82) is 0 Å². The highest BCUT2D eigenvalue weighted by Gasteiger charge is 2.47. The summed E-state index contributed by atoms with van der Waals surface area (Å²) in [5.41, 5.74) is 0.669. The van der Waals surface area contributed by atoms with Crippen molar-refractivity contribution in [2.24, 2.45) is 0 Å². The van der Waals surface area contributed by atoms with Gasteiger partial charge < -0.3 is 19.5 Å². The number of carbonyl (C=O) groups excluding carboxylic acids is 1. The molecule has 2 aliphatic heterocycles. The van der Waals surface area contributed by atoms with Gasteiger partial charge in [-0.25, -0.2) is 9.18 Å². The molecule has 1 N–H and O–H groups in total. The van der Waals surface area contributed by atoms with E-state index in [2.05, 4.69) is 0 Å². The van der Waals surface area contributed by atoms with Gasteiger partial charge in [0.05, 0.1) is 12.7 Å². The van der Waals surface area contributed by atoms with E-state index in [0.717, 1.165) is 24.8 Å². The van der Waals surface area contributed by atoms with Crippen LogP contribution in [0.3, 0.4) is 0 Å². The zero-order valence-corrected chi connectivity index (χ0v) is 17.2. The Bertz CT molecular complexity index is 874. The van der Waals surface area contributed by atoms with Crippen molar-refractivity contribution < 1.29 is 23.8 Å². The summed E-state index contributed by atoms with van der Waals surface area (Å²) >= 11 is 0. The number of hydrogen-bond donors (Lipinski definition) is 1. The van der Waals surface area contributed by atoms with Crippen molar-refractivity contribution >= 4 is 6.09 Å². The van der Waals surface area contributed by atoms with Crippen LogP contribution in [-0.2, 0) is 17.8 Å². The lowest BCUT2D eigenvalue weighted by atomic mass is 9.73. The van der Waals surface area contributed by atoms with Gasteiger partial charge in [0.1, 0.15) is 18.2 Å². The Labute approximate surface area is 176 Å². The van der Waals surface area contributed by atoms with Gasteiger partial charge in [-0.2, -0.15) is 0 Å². The van der Waals surface area contributed by atoms with Gasteiger partial charge in [-0.1, -0.05) is 30.3 Å². The molecule has 0 aromatic heterocycles. The van der Waals surface area contributed by atoms with Crippen LogP contribution in [0.2, 0.25) is 0 Å². The molecular formula is C24H28FNO4. The van der Waals surface area contributed by atoms with Gasteiger partial charge in [0.15, 0.2) is 0 Å². The highest BCUT2D eigenvalue weighted by molar-refractivity contribution is 5.69. The topological polar surface area (TPSA) is 59.0 Å². The molecule has 2 aromatic rings. The maximum Gasteiger partial charge on any atom is 0.410 e. The molecule has 0 spiro atoms. The van der Waals surface area contributed by atoms with E-state index in [1.54, 1.807) is 6.07 Å². The summed E-state index contributed by atoms with van der Waals surface area (Å²) in [6.45, 7) is 0.239. The first-order valence-corrected chi connectivity index (χ1v) is 10.5. The van der Waals surface area contributed by atoms with Crippen molar-refractivity contribution in [1.82, 2.24) is 4.90 Å². The Kier molecular flexibility index (Phi) is 5.95. The highest BCUT2D eigenvalue weighted by Crippen LogP contribution is 2.41. The minimum absolute atomic E-state index is 0.0683. The number of rotatable bonds is 5. The second kappa shape index (κ2) is 8.64. The largest absolute Gasteiger partial charge is 0.497 e. The van der Waals surface area contributed by atoms with Gasteiger partial charge in [-0.05, 0) is 55.4 Å². The van der Waals surface area contributed by atoms with Crippen LogP contribution in [0.5, 0.6) is 5.75 Å². The maximum atomic E-state index is 13.9. The van der Waals surface area contributed by atoms with Crippen LogP contribution in [0, 0.1) is 5.82 Å². The number of ether oxygens (including phenoxy) is 2. The average molecular weight is 413 g/mol. The van der Waals surface area contributed by atoms with E-state index in [0.29, 0.717) is 30.6 Å². The van der Waals surface area contributed by atoms with Crippen molar-refractivity contribution in [3.05, 3.63) is 65.5 Å². The Morgan fingerprint density at radius 3 is 2.50 bits per heavy atom. The fourth-order valence-electron chi connectivity index (χ4n) is 4.98. The van der Waals surface area contributed by atoms with Crippen molar-refractivity contribution in [2.75, 3.05) is 7.11 Å². The van der Waals surface area contributed by atoms with E-state index in [1.807, 2.05) is 35.2 Å². The predicted molar refractivity (Wildman–Crippen MR) is 111 cm³/mol. The van der Waals surface area contributed by atoms with E-state index < -0.39 is 5.60 Å². The number of amides is 1. The monoisotopic (exact) mass is 413 g/mol. The Morgan fingerprint density at radius 2 is 1.83 bits per heavy atom. The summed E-state index contributed by atoms with van der Waals surface area (Å²) < 4.78 is 24.6. The Balaban J connectivity index is 1.45. The molecule has 0 saturated carbocycles. The molecular weight excluding hydrogens is 385 g/mol. The fraction of sp³-hybridized carbons (Fsp3) is 0.458. The van der Waals surface area contributed by atoms with Crippen LogP contribution >= 0.6 is 0 Å². The van der Waals surface area contributed by atoms with Gasteiger partial charge in [0.2, 0.25) is 0 Å². The second-order valence-electron chi connectivity index (χ2n) is 8.49. The van der Waals surface area contributed by atoms with E-state index in [4.69, 9.17) is 9.47 Å². The minimum atomic E-state index is -0.981. The summed E-state index contributed by atoms with van der Waals surface area (Å²) in [5, 5.41) is 11.4. The third kappa shape index (κ3) is 4.59. The molecule has 5 nitrogen and oxygen atoms in total. The molecule has 2 heterocycles. The van der Waals surface area contributed by atoms with Crippen LogP contribution < -0.4 is 4.74 Å².